The van der Waals surface area contributed by atoms with E-state index in [-0.39, 0.29) is 0 Å². The van der Waals surface area contributed by atoms with Gasteiger partial charge in [0.1, 0.15) is 0 Å². The van der Waals surface area contributed by atoms with Crippen molar-refractivity contribution in [2.24, 2.45) is 0 Å². The lowest BCUT2D eigenvalue weighted by Gasteiger charge is -1.79. The van der Waals surface area contributed by atoms with Gasteiger partial charge in [0, 0.05) is 0 Å². The minimum atomic E-state index is 0.613. The summed E-state index contributed by atoms with van der Waals surface area (Å²) in [6.45, 7) is 2.09. The highest BCUT2D eigenvalue weighted by molar-refractivity contribution is 9.26. The van der Waals surface area contributed by atoms with Gasteiger partial charge in [-0.25, -0.2) is 0 Å². The molecule has 0 bridgehead atoms. The fourth-order valence-corrected chi connectivity index (χ4v) is 0. The van der Waals surface area contributed by atoms with E-state index < -0.39 is 0 Å². The van der Waals surface area contributed by atoms with Crippen molar-refractivity contribution in [2.45, 2.75) is 6.82 Å². The molecular weight excluding hydrogens is 195 g/mol. The van der Waals surface area contributed by atoms with Crippen molar-refractivity contribution in [3.8, 4) is 0 Å². The summed E-state index contributed by atoms with van der Waals surface area (Å²) in [5.41, 5.74) is 0.613. The zero-order valence-electron chi connectivity index (χ0n) is 3.04. The van der Waals surface area contributed by atoms with Crippen LogP contribution in [0.5, 0.6) is 0 Å². The van der Waals surface area contributed by atoms with Crippen molar-refractivity contribution < 1.29 is 0 Å². The topological polar surface area (TPSA) is 0 Å². The third-order valence-electron chi connectivity index (χ3n) is 0.213. The second-order valence-corrected chi connectivity index (χ2v) is 3.15. The average Bonchev–Trinajstić information content (AvgIpc) is 1.38. The van der Waals surface area contributed by atoms with E-state index in [2.05, 4.69) is 38.5 Å². The van der Waals surface area contributed by atoms with E-state index in [1.165, 1.54) is 0 Å². The van der Waals surface area contributed by atoms with Crippen LogP contribution >= 0.6 is 31.7 Å². The van der Waals surface area contributed by atoms with Crippen LogP contribution in [0.2, 0.25) is 6.82 Å². The normalized spacial score (nSPS) is 7.80. The summed E-state index contributed by atoms with van der Waals surface area (Å²) in [7, 11) is 0. The van der Waals surface area contributed by atoms with E-state index in [9.17, 15) is 0 Å². The van der Waals surface area contributed by atoms with Gasteiger partial charge < -0.3 is 0 Å². The second kappa shape index (κ2) is 3.22. The molecule has 30 valence electrons. The fourth-order valence-electron chi connectivity index (χ4n) is 0. The summed E-state index contributed by atoms with van der Waals surface area (Å²) in [5, 5.41) is 1.03. The van der Waals surface area contributed by atoms with Crippen LogP contribution in [-0.4, -0.2) is 10.8 Å². The van der Waals surface area contributed by atoms with Gasteiger partial charge in [-0.05, 0) is 5.23 Å². The van der Waals surface area contributed by atoms with Gasteiger partial charge >= 0.3 is 0 Å². The van der Waals surface area contributed by atoms with E-state index in [4.69, 9.17) is 0 Å². The molecule has 0 aliphatic rings. The zero-order chi connectivity index (χ0) is 4.28. The van der Waals surface area contributed by atoms with E-state index >= 15 is 0 Å². The second-order valence-electron chi connectivity index (χ2n) is 0.935. The lowest BCUT2D eigenvalue weighted by Crippen LogP contribution is -1.93. The van der Waals surface area contributed by atoms with Gasteiger partial charge in [0.05, 0.1) is 0 Å². The number of rotatable bonds is 1. The highest BCUT2D eigenvalue weighted by Crippen LogP contribution is 1.94. The molecule has 0 saturated carbocycles. The van der Waals surface area contributed by atoms with Crippen molar-refractivity contribution >= 4 is 37.2 Å². The van der Waals surface area contributed by atoms with E-state index in [0.29, 0.717) is 5.54 Å². The quantitative estimate of drug-likeness (QED) is 0.447. The van der Waals surface area contributed by atoms with Gasteiger partial charge in [-0.1, -0.05) is 6.82 Å². The molecule has 0 aromatic carbocycles. The van der Waals surface area contributed by atoms with Crippen LogP contribution in [0.3, 0.4) is 0 Å². The minimum Gasteiger partial charge on any atom is -0.156 e. The first-order valence-corrected chi connectivity index (χ1v) is 3.51. The van der Waals surface area contributed by atoms with E-state index in [0.717, 1.165) is 5.23 Å². The summed E-state index contributed by atoms with van der Waals surface area (Å²) in [5.74, 6) is 0. The molecule has 0 amide bonds. The monoisotopic (exact) mass is 198 g/mol. The molecule has 0 N–H and O–H groups in total. The van der Waals surface area contributed by atoms with Crippen molar-refractivity contribution in [3.05, 3.63) is 0 Å². The molecule has 0 radical (unpaired) electrons. The van der Waals surface area contributed by atoms with Crippen molar-refractivity contribution in [1.29, 1.82) is 0 Å². The average molecular weight is 200 g/mol. The first-order valence-electron chi connectivity index (χ1n) is 1.47. The summed E-state index contributed by atoms with van der Waals surface area (Å²) in [6.07, 6.45) is 0. The molecule has 0 aromatic heterocycles. The molecule has 5 heavy (non-hydrogen) atoms. The van der Waals surface area contributed by atoms with Crippen LogP contribution in [-0.2, 0) is 0 Å². The Hall–Kier alpha value is 1.02. The largest absolute Gasteiger partial charge is 0.230 e. The number of hydrogen-bond donors (Lipinski definition) is 0. The van der Waals surface area contributed by atoms with Gasteiger partial charge in [0.2, 0.25) is 5.54 Å². The van der Waals surface area contributed by atoms with Gasteiger partial charge in [0.15, 0.2) is 0 Å². The Morgan fingerprint density at radius 1 is 1.80 bits per heavy atom. The van der Waals surface area contributed by atoms with E-state index in [1.54, 1.807) is 0 Å². The predicted molar refractivity (Wildman–Crippen MR) is 34.3 cm³/mol. The van der Waals surface area contributed by atoms with Crippen molar-refractivity contribution in [3.63, 3.8) is 0 Å². The number of halogens is 2. The van der Waals surface area contributed by atoms with Crippen LogP contribution < -0.4 is 0 Å². The Morgan fingerprint density at radius 3 is 2.00 bits per heavy atom. The molecule has 0 aliphatic heterocycles. The maximum absolute atomic E-state index is 3.33. The molecular formula is C2H5BBr2. The predicted octanol–water partition coefficient (Wildman–Crippen LogP) is 1.94. The smallest absolute Gasteiger partial charge is 0.156 e. The summed E-state index contributed by atoms with van der Waals surface area (Å²) in [6, 6.07) is 0. The summed E-state index contributed by atoms with van der Waals surface area (Å²) < 4.78 is 0. The maximum Gasteiger partial charge on any atom is 0.230 e. The zero-order valence-corrected chi connectivity index (χ0v) is 6.21. The molecule has 0 saturated heterocycles. The minimum absolute atomic E-state index is 0.613. The molecule has 0 heterocycles. The molecule has 0 spiro atoms. The molecule has 0 aliphatic carbocycles. The molecule has 0 rings (SSSR count). The van der Waals surface area contributed by atoms with Gasteiger partial charge in [-0.15, -0.1) is 15.9 Å². The van der Waals surface area contributed by atoms with Crippen LogP contribution in [0.25, 0.3) is 0 Å². The Bertz CT molecular complexity index is 21.6. The standard InChI is InChI=1S/C2H5BBr2/c1-3(5)2-4/h2H2,1H3. The molecule has 0 nitrogen and oxygen atoms in total. The Morgan fingerprint density at radius 2 is 2.00 bits per heavy atom. The molecule has 0 aromatic rings. The van der Waals surface area contributed by atoms with Crippen LogP contribution in [0, 0.1) is 0 Å². The van der Waals surface area contributed by atoms with Gasteiger partial charge in [0.25, 0.3) is 0 Å². The number of alkyl halides is 1. The van der Waals surface area contributed by atoms with Crippen LogP contribution in [0.1, 0.15) is 0 Å². The Kier molecular flexibility index (Phi) is 3.88. The summed E-state index contributed by atoms with van der Waals surface area (Å²) in [4.78, 5) is 0. The first kappa shape index (κ1) is 6.02. The lowest BCUT2D eigenvalue weighted by molar-refractivity contribution is 2.08. The number of hydrogen-bond acceptors (Lipinski definition) is 0. The highest BCUT2D eigenvalue weighted by Gasteiger charge is 1.92. The van der Waals surface area contributed by atoms with Crippen molar-refractivity contribution in [2.75, 3.05) is 5.23 Å². The SMILES string of the molecule is CB(Br)CBr. The van der Waals surface area contributed by atoms with E-state index in [1.807, 2.05) is 0 Å². The summed E-state index contributed by atoms with van der Waals surface area (Å²) >= 11 is 6.59. The Labute approximate surface area is 49.5 Å². The van der Waals surface area contributed by atoms with Gasteiger partial charge in [-0.2, -0.15) is 15.8 Å². The van der Waals surface area contributed by atoms with Crippen LogP contribution in [0.4, 0.5) is 0 Å². The lowest BCUT2D eigenvalue weighted by atomic mass is 9.86. The molecule has 0 unspecified atom stereocenters. The van der Waals surface area contributed by atoms with Crippen molar-refractivity contribution in [1.82, 2.24) is 0 Å². The Balaban J connectivity index is 2.54. The fraction of sp³-hybridized carbons (Fsp3) is 1.00. The third-order valence-corrected chi connectivity index (χ3v) is 2.38. The first-order chi connectivity index (χ1) is 2.27. The van der Waals surface area contributed by atoms with Crippen LogP contribution in [0.15, 0.2) is 0 Å². The third kappa shape index (κ3) is 5.02. The molecule has 3 heteroatoms. The highest BCUT2D eigenvalue weighted by atomic mass is 79.9. The molecule has 0 atom stereocenters. The van der Waals surface area contributed by atoms with Gasteiger partial charge in [-0.3, -0.25) is 0 Å². The maximum atomic E-state index is 3.33. The molecule has 0 fully saturated rings.